The number of hydrogen-bond donors (Lipinski definition) is 0. The number of aromatic nitrogens is 1. The molecule has 1 aromatic carbocycles. The number of ketones is 1. The van der Waals surface area contributed by atoms with E-state index >= 15 is 0 Å². The van der Waals surface area contributed by atoms with Gasteiger partial charge in [-0.1, -0.05) is 0 Å². The van der Waals surface area contributed by atoms with Crippen LogP contribution in [-0.2, 0) is 0 Å². The maximum Gasteiger partial charge on any atom is 0.186 e. The van der Waals surface area contributed by atoms with E-state index in [0.29, 0.717) is 5.69 Å². The van der Waals surface area contributed by atoms with Gasteiger partial charge in [0.15, 0.2) is 17.4 Å². The van der Waals surface area contributed by atoms with Gasteiger partial charge in [0, 0.05) is 21.9 Å². The number of thiophene rings is 1. The van der Waals surface area contributed by atoms with Crippen LogP contribution in [0, 0.1) is 11.6 Å². The average molecular weight is 333 g/mol. The summed E-state index contributed by atoms with van der Waals surface area (Å²) in [5.74, 6) is -2.41. The van der Waals surface area contributed by atoms with Crippen LogP contribution in [0.1, 0.15) is 16.1 Å². The largest absolute Gasteiger partial charge is 0.289 e. The molecular formula is C16H9F2NOS2. The SMILES string of the molecule is O=C(/C=C/c1csc(-c2ccsc2)n1)c1ccc(F)c(F)c1. The molecule has 0 N–H and O–H groups in total. The summed E-state index contributed by atoms with van der Waals surface area (Å²) in [5, 5.41) is 6.68. The fourth-order valence-corrected chi connectivity index (χ4v) is 3.29. The highest BCUT2D eigenvalue weighted by Gasteiger charge is 2.08. The predicted molar refractivity (Wildman–Crippen MR) is 85.1 cm³/mol. The Morgan fingerprint density at radius 2 is 2.00 bits per heavy atom. The highest BCUT2D eigenvalue weighted by atomic mass is 32.1. The Morgan fingerprint density at radius 3 is 2.73 bits per heavy atom. The molecule has 0 atom stereocenters. The third-order valence-electron chi connectivity index (χ3n) is 2.90. The van der Waals surface area contributed by atoms with Gasteiger partial charge in [0.2, 0.25) is 0 Å². The summed E-state index contributed by atoms with van der Waals surface area (Å²) in [6, 6.07) is 5.06. The second-order valence-electron chi connectivity index (χ2n) is 4.42. The summed E-state index contributed by atoms with van der Waals surface area (Å²) < 4.78 is 25.9. The molecule has 2 nitrogen and oxygen atoms in total. The molecule has 3 rings (SSSR count). The Balaban J connectivity index is 1.76. The molecule has 6 heteroatoms. The van der Waals surface area contributed by atoms with E-state index in [-0.39, 0.29) is 5.56 Å². The molecule has 0 radical (unpaired) electrons. The molecule has 0 aliphatic carbocycles. The van der Waals surface area contributed by atoms with Gasteiger partial charge in [-0.25, -0.2) is 13.8 Å². The van der Waals surface area contributed by atoms with Crippen LogP contribution in [0.3, 0.4) is 0 Å². The summed E-state index contributed by atoms with van der Waals surface area (Å²) in [7, 11) is 0. The van der Waals surface area contributed by atoms with E-state index in [1.807, 2.05) is 22.2 Å². The Labute approximate surface area is 133 Å². The molecule has 0 saturated carbocycles. The molecule has 0 spiro atoms. The van der Waals surface area contributed by atoms with Crippen molar-refractivity contribution >= 4 is 34.5 Å². The highest BCUT2D eigenvalue weighted by Crippen LogP contribution is 2.26. The molecule has 0 aliphatic heterocycles. The van der Waals surface area contributed by atoms with Crippen molar-refractivity contribution in [2.24, 2.45) is 0 Å². The molecule has 0 amide bonds. The van der Waals surface area contributed by atoms with Gasteiger partial charge < -0.3 is 0 Å². The van der Waals surface area contributed by atoms with Gasteiger partial charge in [0.05, 0.1) is 5.69 Å². The number of hydrogen-bond acceptors (Lipinski definition) is 4. The van der Waals surface area contributed by atoms with Gasteiger partial charge in [-0.05, 0) is 41.8 Å². The van der Waals surface area contributed by atoms with Gasteiger partial charge in [-0.3, -0.25) is 4.79 Å². The second-order valence-corrected chi connectivity index (χ2v) is 6.05. The lowest BCUT2D eigenvalue weighted by Crippen LogP contribution is -1.96. The minimum Gasteiger partial charge on any atom is -0.289 e. The van der Waals surface area contributed by atoms with Gasteiger partial charge >= 0.3 is 0 Å². The van der Waals surface area contributed by atoms with Crippen LogP contribution in [0.2, 0.25) is 0 Å². The summed E-state index contributed by atoms with van der Waals surface area (Å²) in [6.45, 7) is 0. The second kappa shape index (κ2) is 6.29. The van der Waals surface area contributed by atoms with E-state index in [9.17, 15) is 13.6 Å². The van der Waals surface area contributed by atoms with Crippen LogP contribution in [-0.4, -0.2) is 10.8 Å². The summed E-state index contributed by atoms with van der Waals surface area (Å²) in [6.07, 6.45) is 2.87. The topological polar surface area (TPSA) is 30.0 Å². The molecule has 2 aromatic heterocycles. The first-order valence-electron chi connectivity index (χ1n) is 6.29. The van der Waals surface area contributed by atoms with Crippen LogP contribution in [0.15, 0.2) is 46.5 Å². The molecule has 0 saturated heterocycles. The van der Waals surface area contributed by atoms with Crippen molar-refractivity contribution < 1.29 is 13.6 Å². The fourth-order valence-electron chi connectivity index (χ4n) is 1.79. The molecule has 110 valence electrons. The fraction of sp³-hybridized carbons (Fsp3) is 0. The van der Waals surface area contributed by atoms with Crippen molar-refractivity contribution in [2.75, 3.05) is 0 Å². The lowest BCUT2D eigenvalue weighted by Gasteiger charge is -1.96. The van der Waals surface area contributed by atoms with Crippen LogP contribution >= 0.6 is 22.7 Å². The van der Waals surface area contributed by atoms with E-state index in [2.05, 4.69) is 4.98 Å². The molecular weight excluding hydrogens is 324 g/mol. The van der Waals surface area contributed by atoms with E-state index in [4.69, 9.17) is 0 Å². The average Bonchev–Trinajstić information content (AvgIpc) is 3.18. The number of carbonyl (C=O) groups excluding carboxylic acids is 1. The van der Waals surface area contributed by atoms with Crippen molar-refractivity contribution in [1.82, 2.24) is 4.98 Å². The van der Waals surface area contributed by atoms with Gasteiger partial charge in [0.25, 0.3) is 0 Å². The molecule has 0 bridgehead atoms. The number of allylic oxidation sites excluding steroid dienone is 1. The standard InChI is InChI=1S/C16H9F2NOS2/c17-13-3-1-10(7-14(13)18)15(20)4-2-12-9-22-16(19-12)11-5-6-21-8-11/h1-9H/b4-2+. The van der Waals surface area contributed by atoms with Crippen molar-refractivity contribution in [3.63, 3.8) is 0 Å². The maximum atomic E-state index is 13.1. The predicted octanol–water partition coefficient (Wildman–Crippen LogP) is 5.05. The van der Waals surface area contributed by atoms with Crippen molar-refractivity contribution in [1.29, 1.82) is 0 Å². The highest BCUT2D eigenvalue weighted by molar-refractivity contribution is 7.14. The Hall–Kier alpha value is -2.18. The van der Waals surface area contributed by atoms with E-state index in [0.717, 1.165) is 22.7 Å². The normalized spacial score (nSPS) is 11.2. The lowest BCUT2D eigenvalue weighted by atomic mass is 10.1. The van der Waals surface area contributed by atoms with Gasteiger partial charge in [-0.15, -0.1) is 11.3 Å². The number of rotatable bonds is 4. The zero-order chi connectivity index (χ0) is 15.5. The third-order valence-corrected chi connectivity index (χ3v) is 4.49. The number of nitrogens with zero attached hydrogens (tertiary/aromatic N) is 1. The summed E-state index contributed by atoms with van der Waals surface area (Å²) in [4.78, 5) is 16.3. The molecule has 3 aromatic rings. The molecule has 2 heterocycles. The smallest absolute Gasteiger partial charge is 0.186 e. The van der Waals surface area contributed by atoms with Gasteiger partial charge in [-0.2, -0.15) is 11.3 Å². The number of benzene rings is 1. The van der Waals surface area contributed by atoms with E-state index < -0.39 is 17.4 Å². The molecule has 0 fully saturated rings. The molecule has 0 aliphatic rings. The minimum absolute atomic E-state index is 0.100. The maximum absolute atomic E-state index is 13.1. The first-order chi connectivity index (χ1) is 10.6. The monoisotopic (exact) mass is 333 g/mol. The van der Waals surface area contributed by atoms with Crippen molar-refractivity contribution in [3.05, 3.63) is 69.4 Å². The Kier molecular flexibility index (Phi) is 4.22. The first-order valence-corrected chi connectivity index (χ1v) is 8.11. The van der Waals surface area contributed by atoms with Crippen LogP contribution in [0.25, 0.3) is 16.6 Å². The first kappa shape index (κ1) is 14.7. The van der Waals surface area contributed by atoms with E-state index in [1.54, 1.807) is 17.4 Å². The van der Waals surface area contributed by atoms with Crippen LogP contribution in [0.5, 0.6) is 0 Å². The van der Waals surface area contributed by atoms with Crippen LogP contribution < -0.4 is 0 Å². The minimum atomic E-state index is -1.03. The number of halogens is 2. The zero-order valence-electron chi connectivity index (χ0n) is 11.1. The number of thiazole rings is 1. The Bertz CT molecular complexity index is 838. The summed E-state index contributed by atoms with van der Waals surface area (Å²) in [5.41, 5.74) is 1.80. The van der Waals surface area contributed by atoms with Crippen molar-refractivity contribution in [3.8, 4) is 10.6 Å². The van der Waals surface area contributed by atoms with Gasteiger partial charge in [0.1, 0.15) is 5.01 Å². The number of carbonyl (C=O) groups is 1. The summed E-state index contributed by atoms with van der Waals surface area (Å²) >= 11 is 3.07. The Morgan fingerprint density at radius 1 is 1.14 bits per heavy atom. The quantitative estimate of drug-likeness (QED) is 0.494. The molecule has 0 unspecified atom stereocenters. The van der Waals surface area contributed by atoms with Crippen LogP contribution in [0.4, 0.5) is 8.78 Å². The van der Waals surface area contributed by atoms with E-state index in [1.165, 1.54) is 23.5 Å². The third kappa shape index (κ3) is 3.18. The van der Waals surface area contributed by atoms with Crippen molar-refractivity contribution in [2.45, 2.75) is 0 Å². The molecule has 22 heavy (non-hydrogen) atoms. The zero-order valence-corrected chi connectivity index (χ0v) is 12.8. The lowest BCUT2D eigenvalue weighted by molar-refractivity contribution is 0.104.